The molecule has 2 aromatic carbocycles. The zero-order valence-corrected chi connectivity index (χ0v) is 16.3. The molecule has 4 rings (SSSR count). The van der Waals surface area contributed by atoms with E-state index in [-0.39, 0.29) is 22.8 Å². The summed E-state index contributed by atoms with van der Waals surface area (Å²) in [5.41, 5.74) is 0.947. The van der Waals surface area contributed by atoms with Crippen molar-refractivity contribution in [2.75, 3.05) is 0 Å². The molecule has 0 fully saturated rings. The maximum atomic E-state index is 13.4. The lowest BCUT2D eigenvalue weighted by Crippen LogP contribution is -2.11. The largest absolute Gasteiger partial charge is 0.505 e. The maximum Gasteiger partial charge on any atom is 0.416 e. The topological polar surface area (TPSA) is 46.0 Å². The third-order valence-electron chi connectivity index (χ3n) is 4.99. The van der Waals surface area contributed by atoms with Crippen LogP contribution in [0.5, 0.6) is 5.75 Å². The van der Waals surface area contributed by atoms with Gasteiger partial charge in [-0.25, -0.2) is 0 Å². The Hall–Kier alpha value is -3.12. The lowest BCUT2D eigenvalue weighted by atomic mass is 9.85. The summed E-state index contributed by atoms with van der Waals surface area (Å²) in [4.78, 5) is 8.52. The molecule has 0 saturated carbocycles. The predicted molar refractivity (Wildman–Crippen MR) is 110 cm³/mol. The van der Waals surface area contributed by atoms with Crippen LogP contribution in [0.15, 0.2) is 73.1 Å². The number of alkyl halides is 3. The van der Waals surface area contributed by atoms with E-state index in [1.54, 1.807) is 54.9 Å². The molecule has 0 amide bonds. The first-order valence-electron chi connectivity index (χ1n) is 9.18. The van der Waals surface area contributed by atoms with E-state index in [2.05, 4.69) is 9.97 Å². The van der Waals surface area contributed by atoms with Gasteiger partial charge in [-0.05, 0) is 42.0 Å². The second kappa shape index (κ2) is 7.95. The molecular weight excluding hydrogens is 413 g/mol. The summed E-state index contributed by atoms with van der Waals surface area (Å²) in [5.74, 6) is -0.733. The van der Waals surface area contributed by atoms with Crippen molar-refractivity contribution in [3.8, 4) is 5.75 Å². The highest BCUT2D eigenvalue weighted by molar-refractivity contribution is 6.31. The molecule has 1 N–H and O–H groups in total. The van der Waals surface area contributed by atoms with Gasteiger partial charge in [0.2, 0.25) is 0 Å². The van der Waals surface area contributed by atoms with Crippen LogP contribution in [0.4, 0.5) is 13.2 Å². The van der Waals surface area contributed by atoms with Crippen LogP contribution in [0.1, 0.15) is 28.3 Å². The molecular formula is C23H16ClF3N2O. The Morgan fingerprint density at radius 1 is 0.900 bits per heavy atom. The van der Waals surface area contributed by atoms with Crippen LogP contribution in [0.3, 0.4) is 0 Å². The number of fused-ring (bicyclic) bond motifs is 1. The SMILES string of the molecule is Oc1c(C(Cc2ccccn2)c2cc(C(F)(F)F)ccc2Cl)ccc2cccnc12. The number of benzene rings is 2. The number of pyridine rings is 2. The van der Waals surface area contributed by atoms with Gasteiger partial charge in [-0.2, -0.15) is 13.2 Å². The monoisotopic (exact) mass is 428 g/mol. The Kier molecular flexibility index (Phi) is 5.35. The van der Waals surface area contributed by atoms with Crippen LogP contribution in [0.2, 0.25) is 5.02 Å². The minimum absolute atomic E-state index is 0.0810. The molecule has 2 heterocycles. The third-order valence-corrected chi connectivity index (χ3v) is 5.34. The maximum absolute atomic E-state index is 13.4. The molecule has 7 heteroatoms. The molecule has 1 atom stereocenters. The number of aromatic hydroxyl groups is 1. The van der Waals surface area contributed by atoms with Crippen molar-refractivity contribution in [3.63, 3.8) is 0 Å². The Morgan fingerprint density at radius 3 is 2.43 bits per heavy atom. The molecule has 152 valence electrons. The van der Waals surface area contributed by atoms with Crippen LogP contribution in [-0.4, -0.2) is 15.1 Å². The van der Waals surface area contributed by atoms with Crippen LogP contribution >= 0.6 is 11.6 Å². The fourth-order valence-corrected chi connectivity index (χ4v) is 3.78. The minimum Gasteiger partial charge on any atom is -0.505 e. The molecule has 0 aliphatic rings. The van der Waals surface area contributed by atoms with Crippen molar-refractivity contribution in [1.82, 2.24) is 9.97 Å². The number of phenols is 1. The van der Waals surface area contributed by atoms with Crippen LogP contribution in [0.25, 0.3) is 10.9 Å². The van der Waals surface area contributed by atoms with Gasteiger partial charge >= 0.3 is 6.18 Å². The van der Waals surface area contributed by atoms with Crippen molar-refractivity contribution in [2.45, 2.75) is 18.5 Å². The van der Waals surface area contributed by atoms with E-state index in [4.69, 9.17) is 11.6 Å². The van der Waals surface area contributed by atoms with E-state index in [9.17, 15) is 18.3 Å². The number of nitrogens with zero attached hydrogens (tertiary/aromatic N) is 2. The number of halogens is 4. The third kappa shape index (κ3) is 3.96. The number of phenolic OH excluding ortho intramolecular Hbond substituents is 1. The molecule has 3 nitrogen and oxygen atoms in total. The highest BCUT2D eigenvalue weighted by Gasteiger charge is 2.32. The first-order valence-corrected chi connectivity index (χ1v) is 9.55. The molecule has 0 saturated heterocycles. The van der Waals surface area contributed by atoms with Crippen molar-refractivity contribution in [1.29, 1.82) is 0 Å². The van der Waals surface area contributed by atoms with Crippen molar-refractivity contribution < 1.29 is 18.3 Å². The Morgan fingerprint density at radius 2 is 1.70 bits per heavy atom. The summed E-state index contributed by atoms with van der Waals surface area (Å²) in [7, 11) is 0. The molecule has 2 aromatic heterocycles. The van der Waals surface area contributed by atoms with Gasteiger partial charge in [0.05, 0.1) is 5.56 Å². The lowest BCUT2D eigenvalue weighted by molar-refractivity contribution is -0.137. The first-order chi connectivity index (χ1) is 14.3. The molecule has 0 spiro atoms. The lowest BCUT2D eigenvalue weighted by Gasteiger charge is -2.22. The van der Waals surface area contributed by atoms with Gasteiger partial charge in [0.1, 0.15) is 11.3 Å². The Labute approximate surface area is 175 Å². The molecule has 0 radical (unpaired) electrons. The van der Waals surface area contributed by atoms with E-state index in [1.807, 2.05) is 0 Å². The molecule has 1 unspecified atom stereocenters. The van der Waals surface area contributed by atoms with Crippen molar-refractivity contribution >= 4 is 22.5 Å². The fraction of sp³-hybridized carbons (Fsp3) is 0.130. The first kappa shape index (κ1) is 20.2. The minimum atomic E-state index is -4.51. The van der Waals surface area contributed by atoms with Gasteiger partial charge in [-0.3, -0.25) is 9.97 Å². The average Bonchev–Trinajstić information content (AvgIpc) is 2.73. The number of hydrogen-bond acceptors (Lipinski definition) is 3. The summed E-state index contributed by atoms with van der Waals surface area (Å²) in [6, 6.07) is 15.6. The quantitative estimate of drug-likeness (QED) is 0.410. The predicted octanol–water partition coefficient (Wildman–Crippen LogP) is 6.38. The Balaban J connectivity index is 1.91. The van der Waals surface area contributed by atoms with Crippen LogP contribution < -0.4 is 0 Å². The van der Waals surface area contributed by atoms with Gasteiger partial charge in [0.15, 0.2) is 0 Å². The van der Waals surface area contributed by atoms with E-state index in [0.717, 1.165) is 17.5 Å². The molecule has 30 heavy (non-hydrogen) atoms. The van der Waals surface area contributed by atoms with Crippen molar-refractivity contribution in [2.24, 2.45) is 0 Å². The van der Waals surface area contributed by atoms with E-state index >= 15 is 0 Å². The number of hydrogen-bond donors (Lipinski definition) is 1. The summed E-state index contributed by atoms with van der Waals surface area (Å²) in [6.45, 7) is 0. The van der Waals surface area contributed by atoms with Gasteiger partial charge in [-0.1, -0.05) is 35.9 Å². The van der Waals surface area contributed by atoms with E-state index in [0.29, 0.717) is 16.8 Å². The second-order valence-corrected chi connectivity index (χ2v) is 7.30. The Bertz CT molecular complexity index is 1200. The van der Waals surface area contributed by atoms with Gasteiger partial charge in [0, 0.05) is 46.4 Å². The zero-order chi connectivity index (χ0) is 21.3. The van der Waals surface area contributed by atoms with Gasteiger partial charge in [-0.15, -0.1) is 0 Å². The number of rotatable bonds is 4. The van der Waals surface area contributed by atoms with Crippen LogP contribution in [0, 0.1) is 0 Å². The number of aromatic nitrogens is 2. The zero-order valence-electron chi connectivity index (χ0n) is 15.6. The smallest absolute Gasteiger partial charge is 0.416 e. The molecule has 0 aliphatic heterocycles. The average molecular weight is 429 g/mol. The fourth-order valence-electron chi connectivity index (χ4n) is 3.53. The second-order valence-electron chi connectivity index (χ2n) is 6.89. The molecule has 4 aromatic rings. The van der Waals surface area contributed by atoms with Gasteiger partial charge < -0.3 is 5.11 Å². The normalized spacial score (nSPS) is 12.8. The summed E-state index contributed by atoms with van der Waals surface area (Å²) >= 11 is 6.34. The van der Waals surface area contributed by atoms with E-state index < -0.39 is 17.7 Å². The van der Waals surface area contributed by atoms with Crippen LogP contribution in [-0.2, 0) is 12.6 Å². The molecule has 0 aliphatic carbocycles. The summed E-state index contributed by atoms with van der Waals surface area (Å²) in [6.07, 6.45) is -1.09. The highest BCUT2D eigenvalue weighted by atomic mass is 35.5. The van der Waals surface area contributed by atoms with Crippen molar-refractivity contribution in [3.05, 3.63) is 100 Å². The highest BCUT2D eigenvalue weighted by Crippen LogP contribution is 2.42. The summed E-state index contributed by atoms with van der Waals surface area (Å²) in [5, 5.41) is 11.8. The standard InChI is InChI=1S/C23H16ClF3N2O/c24-20-9-7-15(23(25,26)27)12-19(20)18(13-16-5-1-2-10-28-16)17-8-6-14-4-3-11-29-21(14)22(17)30/h1-12,18,30H,13H2. The summed E-state index contributed by atoms with van der Waals surface area (Å²) < 4.78 is 40.1. The molecule has 0 bridgehead atoms. The van der Waals surface area contributed by atoms with E-state index in [1.165, 1.54) is 6.07 Å². The van der Waals surface area contributed by atoms with Gasteiger partial charge in [0.25, 0.3) is 0 Å².